The second-order valence-corrected chi connectivity index (χ2v) is 7.77. The molecule has 0 unspecified atom stereocenters. The summed E-state index contributed by atoms with van der Waals surface area (Å²) < 4.78 is 5.52. The third-order valence-electron chi connectivity index (χ3n) is 4.63. The maximum absolute atomic E-state index is 12.3. The van der Waals surface area contributed by atoms with E-state index in [9.17, 15) is 4.79 Å². The SMILES string of the molecule is CCC1=C(Cc2cc3ccccc3[nH]2)CCN(C(=O)OC(C)(C)C)C1. The Morgan fingerprint density at radius 1 is 1.24 bits per heavy atom. The highest BCUT2D eigenvalue weighted by Crippen LogP contribution is 2.26. The largest absolute Gasteiger partial charge is 0.444 e. The lowest BCUT2D eigenvalue weighted by molar-refractivity contribution is 0.0258. The van der Waals surface area contributed by atoms with E-state index in [1.54, 1.807) is 0 Å². The smallest absolute Gasteiger partial charge is 0.410 e. The first kappa shape index (κ1) is 17.6. The maximum atomic E-state index is 12.3. The minimum Gasteiger partial charge on any atom is -0.444 e. The topological polar surface area (TPSA) is 45.3 Å². The van der Waals surface area contributed by atoms with Gasteiger partial charge in [-0.3, -0.25) is 0 Å². The number of ether oxygens (including phenoxy) is 1. The number of nitrogens with one attached hydrogen (secondary N) is 1. The van der Waals surface area contributed by atoms with Crippen LogP contribution in [0.3, 0.4) is 0 Å². The van der Waals surface area contributed by atoms with E-state index in [0.29, 0.717) is 6.54 Å². The van der Waals surface area contributed by atoms with Crippen molar-refractivity contribution in [2.75, 3.05) is 13.1 Å². The van der Waals surface area contributed by atoms with Gasteiger partial charge >= 0.3 is 6.09 Å². The molecule has 0 bridgehead atoms. The van der Waals surface area contributed by atoms with Crippen LogP contribution in [0.25, 0.3) is 10.9 Å². The van der Waals surface area contributed by atoms with Gasteiger partial charge in [-0.1, -0.05) is 36.3 Å². The molecule has 0 saturated heterocycles. The molecule has 2 aromatic rings. The molecular weight excluding hydrogens is 312 g/mol. The highest BCUT2D eigenvalue weighted by Gasteiger charge is 2.26. The van der Waals surface area contributed by atoms with E-state index in [2.05, 4.69) is 42.2 Å². The summed E-state index contributed by atoms with van der Waals surface area (Å²) in [5, 5.41) is 1.25. The monoisotopic (exact) mass is 340 g/mol. The Balaban J connectivity index is 1.73. The number of carbonyl (C=O) groups is 1. The number of amides is 1. The average molecular weight is 340 g/mol. The van der Waals surface area contributed by atoms with Gasteiger partial charge in [0.15, 0.2) is 0 Å². The van der Waals surface area contributed by atoms with Crippen molar-refractivity contribution in [2.45, 2.75) is 52.6 Å². The summed E-state index contributed by atoms with van der Waals surface area (Å²) in [5.74, 6) is 0. The van der Waals surface area contributed by atoms with Gasteiger partial charge in [0.25, 0.3) is 0 Å². The molecule has 1 aromatic carbocycles. The number of para-hydroxylation sites is 1. The molecule has 0 radical (unpaired) electrons. The summed E-state index contributed by atoms with van der Waals surface area (Å²) in [6, 6.07) is 10.6. The van der Waals surface area contributed by atoms with Crippen LogP contribution in [0.4, 0.5) is 4.79 Å². The molecule has 1 amide bonds. The molecule has 1 aromatic heterocycles. The van der Waals surface area contributed by atoms with Crippen LogP contribution in [0.1, 0.15) is 46.2 Å². The minimum atomic E-state index is -0.447. The third kappa shape index (κ3) is 4.25. The first-order chi connectivity index (χ1) is 11.9. The van der Waals surface area contributed by atoms with Gasteiger partial charge in [-0.15, -0.1) is 0 Å². The number of hydrogen-bond donors (Lipinski definition) is 1. The molecule has 4 heteroatoms. The standard InChI is InChI=1S/C21H28N2O2/c1-5-15-14-23(20(24)25-21(2,3)4)11-10-16(15)12-18-13-17-8-6-7-9-19(17)22-18/h6-9,13,22H,5,10-12,14H2,1-4H3. The Kier molecular flexibility index (Phi) is 4.89. The number of benzene rings is 1. The van der Waals surface area contributed by atoms with E-state index >= 15 is 0 Å². The van der Waals surface area contributed by atoms with Crippen LogP contribution in [0.2, 0.25) is 0 Å². The molecule has 134 valence electrons. The van der Waals surface area contributed by atoms with Gasteiger partial charge in [-0.25, -0.2) is 4.79 Å². The number of fused-ring (bicyclic) bond motifs is 1. The second kappa shape index (κ2) is 6.95. The van der Waals surface area contributed by atoms with Crippen molar-refractivity contribution in [3.8, 4) is 0 Å². The van der Waals surface area contributed by atoms with Crippen molar-refractivity contribution < 1.29 is 9.53 Å². The van der Waals surface area contributed by atoms with Crippen LogP contribution in [0, 0.1) is 0 Å². The predicted octanol–water partition coefficient (Wildman–Crippen LogP) is 5.06. The fraction of sp³-hybridized carbons (Fsp3) is 0.476. The van der Waals surface area contributed by atoms with E-state index in [4.69, 9.17) is 4.74 Å². The quantitative estimate of drug-likeness (QED) is 0.794. The molecule has 1 aliphatic heterocycles. The number of aromatic nitrogens is 1. The van der Waals surface area contributed by atoms with Crippen LogP contribution in [-0.4, -0.2) is 34.7 Å². The van der Waals surface area contributed by atoms with Crippen LogP contribution in [0.5, 0.6) is 0 Å². The van der Waals surface area contributed by atoms with Crippen LogP contribution in [0.15, 0.2) is 41.5 Å². The lowest BCUT2D eigenvalue weighted by atomic mass is 9.94. The molecule has 0 atom stereocenters. The molecule has 0 spiro atoms. The highest BCUT2D eigenvalue weighted by molar-refractivity contribution is 5.80. The van der Waals surface area contributed by atoms with E-state index in [-0.39, 0.29) is 6.09 Å². The summed E-state index contributed by atoms with van der Waals surface area (Å²) in [7, 11) is 0. The highest BCUT2D eigenvalue weighted by atomic mass is 16.6. The van der Waals surface area contributed by atoms with Gasteiger partial charge in [0, 0.05) is 30.7 Å². The van der Waals surface area contributed by atoms with Gasteiger partial charge < -0.3 is 14.6 Å². The second-order valence-electron chi connectivity index (χ2n) is 7.77. The molecule has 0 saturated carbocycles. The first-order valence-corrected chi connectivity index (χ1v) is 9.10. The Hall–Kier alpha value is -2.23. The van der Waals surface area contributed by atoms with Gasteiger partial charge in [0.1, 0.15) is 5.60 Å². The Bertz CT molecular complexity index is 763. The molecule has 1 N–H and O–H groups in total. The zero-order chi connectivity index (χ0) is 18.0. The average Bonchev–Trinajstić information content (AvgIpc) is 2.95. The van der Waals surface area contributed by atoms with Crippen molar-refractivity contribution in [3.63, 3.8) is 0 Å². The maximum Gasteiger partial charge on any atom is 0.410 e. The molecular formula is C21H28N2O2. The Labute approximate surface area is 149 Å². The predicted molar refractivity (Wildman–Crippen MR) is 102 cm³/mol. The van der Waals surface area contributed by atoms with E-state index in [0.717, 1.165) is 25.8 Å². The van der Waals surface area contributed by atoms with Crippen LogP contribution < -0.4 is 0 Å². The zero-order valence-electron chi connectivity index (χ0n) is 15.7. The number of hydrogen-bond acceptors (Lipinski definition) is 2. The lowest BCUT2D eigenvalue weighted by Crippen LogP contribution is -2.41. The van der Waals surface area contributed by atoms with Crippen LogP contribution >= 0.6 is 0 Å². The number of H-pyrrole nitrogens is 1. The molecule has 0 fully saturated rings. The van der Waals surface area contributed by atoms with Gasteiger partial charge in [-0.05, 0) is 51.1 Å². The Morgan fingerprint density at radius 3 is 2.68 bits per heavy atom. The summed E-state index contributed by atoms with van der Waals surface area (Å²) in [4.78, 5) is 17.7. The number of nitrogens with zero attached hydrogens (tertiary/aromatic N) is 1. The molecule has 0 aliphatic carbocycles. The van der Waals surface area contributed by atoms with Crippen molar-refractivity contribution in [1.29, 1.82) is 0 Å². The normalized spacial score (nSPS) is 15.8. The number of carbonyl (C=O) groups excluding carboxylic acids is 1. The van der Waals surface area contributed by atoms with E-state index < -0.39 is 5.60 Å². The molecule has 25 heavy (non-hydrogen) atoms. The lowest BCUT2D eigenvalue weighted by Gasteiger charge is -2.32. The molecule has 4 nitrogen and oxygen atoms in total. The summed E-state index contributed by atoms with van der Waals surface area (Å²) in [6.07, 6.45) is 2.61. The minimum absolute atomic E-state index is 0.205. The summed E-state index contributed by atoms with van der Waals surface area (Å²) in [5.41, 5.74) is 4.79. The summed E-state index contributed by atoms with van der Waals surface area (Å²) in [6.45, 7) is 9.31. The third-order valence-corrected chi connectivity index (χ3v) is 4.63. The van der Waals surface area contributed by atoms with E-state index in [1.165, 1.54) is 27.7 Å². The van der Waals surface area contributed by atoms with Gasteiger partial charge in [0.2, 0.25) is 0 Å². The molecule has 2 heterocycles. The zero-order valence-corrected chi connectivity index (χ0v) is 15.7. The van der Waals surface area contributed by atoms with E-state index in [1.807, 2.05) is 25.7 Å². The van der Waals surface area contributed by atoms with Crippen molar-refractivity contribution in [3.05, 3.63) is 47.2 Å². The van der Waals surface area contributed by atoms with Crippen molar-refractivity contribution in [1.82, 2.24) is 9.88 Å². The summed E-state index contributed by atoms with van der Waals surface area (Å²) >= 11 is 0. The van der Waals surface area contributed by atoms with Crippen molar-refractivity contribution in [2.24, 2.45) is 0 Å². The Morgan fingerprint density at radius 2 is 2.00 bits per heavy atom. The number of rotatable bonds is 3. The number of aromatic amines is 1. The fourth-order valence-electron chi connectivity index (χ4n) is 3.38. The van der Waals surface area contributed by atoms with Gasteiger partial charge in [0.05, 0.1) is 0 Å². The molecule has 1 aliphatic rings. The van der Waals surface area contributed by atoms with Gasteiger partial charge in [-0.2, -0.15) is 0 Å². The first-order valence-electron chi connectivity index (χ1n) is 9.10. The van der Waals surface area contributed by atoms with Crippen molar-refractivity contribution >= 4 is 17.0 Å². The molecule has 3 rings (SSSR count). The fourth-order valence-corrected chi connectivity index (χ4v) is 3.38. The van der Waals surface area contributed by atoms with Crippen LogP contribution in [-0.2, 0) is 11.2 Å².